The van der Waals surface area contributed by atoms with Crippen LogP contribution in [0.25, 0.3) is 0 Å². The standard InChI is InChI=1S/C8H11.Pt/c1-2-4-6-8-7-5-3-1;/h1-3H,4,6-8H2;/b2-1-,5-3?;. The molecule has 0 aromatic heterocycles. The first-order valence-corrected chi connectivity index (χ1v) is 4.51. The first-order chi connectivity index (χ1) is 4.39. The fraction of sp³-hybridized carbons (Fsp3) is 0.500. The van der Waals surface area contributed by atoms with Crippen molar-refractivity contribution >= 4 is 0 Å². The normalized spacial score (nSPS) is 29.8. The van der Waals surface area contributed by atoms with Crippen LogP contribution in [0.3, 0.4) is 0 Å². The van der Waals surface area contributed by atoms with Crippen LogP contribution >= 0.6 is 0 Å². The number of hydrogen-bond acceptors (Lipinski definition) is 0. The molecule has 0 aliphatic heterocycles. The Morgan fingerprint density at radius 2 is 2.22 bits per heavy atom. The molecule has 9 heavy (non-hydrogen) atoms. The van der Waals surface area contributed by atoms with E-state index in [0.29, 0.717) is 0 Å². The molecule has 0 unspecified atom stereocenters. The van der Waals surface area contributed by atoms with Gasteiger partial charge < -0.3 is 0 Å². The summed E-state index contributed by atoms with van der Waals surface area (Å²) < 4.78 is 1.49. The maximum absolute atomic E-state index is 2.39. The molecule has 0 amide bonds. The van der Waals surface area contributed by atoms with Gasteiger partial charge in [0.25, 0.3) is 0 Å². The predicted octanol–water partition coefficient (Wildman–Crippen LogP) is 2.55. The van der Waals surface area contributed by atoms with Gasteiger partial charge in [-0.25, -0.2) is 0 Å². The fourth-order valence-electron chi connectivity index (χ4n) is 0.891. The molecule has 1 heteroatoms. The Hall–Kier alpha value is 0.168. The molecule has 1 rings (SSSR count). The van der Waals surface area contributed by atoms with Gasteiger partial charge in [-0.3, -0.25) is 0 Å². The quantitative estimate of drug-likeness (QED) is 0.645. The molecule has 0 saturated carbocycles. The van der Waals surface area contributed by atoms with Gasteiger partial charge in [-0.1, -0.05) is 0 Å². The summed E-state index contributed by atoms with van der Waals surface area (Å²) in [6.45, 7) is 0. The van der Waals surface area contributed by atoms with E-state index in [-0.39, 0.29) is 0 Å². The van der Waals surface area contributed by atoms with Gasteiger partial charge in [0.15, 0.2) is 0 Å². The molecule has 0 N–H and O–H groups in total. The molecule has 0 saturated heterocycles. The van der Waals surface area contributed by atoms with E-state index in [1.54, 1.807) is 0 Å². The van der Waals surface area contributed by atoms with Crippen molar-refractivity contribution in [2.45, 2.75) is 25.7 Å². The van der Waals surface area contributed by atoms with E-state index in [4.69, 9.17) is 0 Å². The Morgan fingerprint density at radius 1 is 1.33 bits per heavy atom. The van der Waals surface area contributed by atoms with Crippen molar-refractivity contribution in [3.8, 4) is 0 Å². The summed E-state index contributed by atoms with van der Waals surface area (Å²) in [5.41, 5.74) is 0. The van der Waals surface area contributed by atoms with Crippen LogP contribution < -0.4 is 0 Å². The van der Waals surface area contributed by atoms with Crippen molar-refractivity contribution in [3.05, 3.63) is 22.2 Å². The third-order valence-corrected chi connectivity index (χ3v) is 2.37. The molecule has 53 valence electrons. The summed E-state index contributed by atoms with van der Waals surface area (Å²) in [4.78, 5) is 0. The number of allylic oxidation sites excluding steroid dienone is 4. The maximum atomic E-state index is 2.39. The zero-order valence-corrected chi connectivity index (χ0v) is 7.65. The van der Waals surface area contributed by atoms with Crippen LogP contribution in [0.5, 0.6) is 0 Å². The zero-order chi connectivity index (χ0) is 6.53. The second-order valence-electron chi connectivity index (χ2n) is 2.25. The van der Waals surface area contributed by atoms with E-state index in [2.05, 4.69) is 38.0 Å². The van der Waals surface area contributed by atoms with Crippen LogP contribution in [-0.4, -0.2) is 0 Å². The fourth-order valence-corrected chi connectivity index (χ4v) is 1.51. The zero-order valence-electron chi connectivity index (χ0n) is 5.38. The van der Waals surface area contributed by atoms with Gasteiger partial charge >= 0.3 is 67.7 Å². The molecule has 1 aliphatic rings. The van der Waals surface area contributed by atoms with E-state index in [0.717, 1.165) is 0 Å². The monoisotopic (exact) mass is 302 g/mol. The molecule has 0 bridgehead atoms. The molecule has 0 radical (unpaired) electrons. The van der Waals surface area contributed by atoms with Gasteiger partial charge in [-0.05, 0) is 0 Å². The van der Waals surface area contributed by atoms with Crippen LogP contribution in [0, 0.1) is 0 Å². The minimum atomic E-state index is 1.26. The van der Waals surface area contributed by atoms with Gasteiger partial charge in [0.1, 0.15) is 0 Å². The second-order valence-corrected chi connectivity index (χ2v) is 3.71. The van der Waals surface area contributed by atoms with Crippen LogP contribution in [0.2, 0.25) is 0 Å². The summed E-state index contributed by atoms with van der Waals surface area (Å²) in [7, 11) is 0. The van der Waals surface area contributed by atoms with Crippen LogP contribution in [0.4, 0.5) is 0 Å². The Balaban J connectivity index is 2.48. The SMILES string of the molecule is [Pt]/[C]1=C/C=C\CCCC1. The third kappa shape index (κ3) is 3.01. The number of rotatable bonds is 0. The summed E-state index contributed by atoms with van der Waals surface area (Å²) in [5.74, 6) is 0. The molecule has 0 heterocycles. The van der Waals surface area contributed by atoms with Crippen molar-refractivity contribution in [2.75, 3.05) is 0 Å². The Morgan fingerprint density at radius 3 is 3.11 bits per heavy atom. The Bertz CT molecular complexity index is 134. The third-order valence-electron chi connectivity index (χ3n) is 1.42. The predicted molar refractivity (Wildman–Crippen MR) is 35.7 cm³/mol. The van der Waals surface area contributed by atoms with Crippen molar-refractivity contribution in [1.29, 1.82) is 0 Å². The van der Waals surface area contributed by atoms with Crippen molar-refractivity contribution in [1.82, 2.24) is 0 Å². The molecule has 0 nitrogen and oxygen atoms in total. The van der Waals surface area contributed by atoms with E-state index in [9.17, 15) is 0 Å². The van der Waals surface area contributed by atoms with E-state index in [1.807, 2.05) is 0 Å². The Labute approximate surface area is 67.9 Å². The van der Waals surface area contributed by atoms with Gasteiger partial charge in [0.05, 0.1) is 0 Å². The first kappa shape index (κ1) is 7.28. The molecule has 0 spiro atoms. The average Bonchev–Trinajstić information content (AvgIpc) is 1.79. The minimum absolute atomic E-state index is 1.26. The van der Waals surface area contributed by atoms with Crippen LogP contribution in [0.15, 0.2) is 22.2 Å². The molecule has 0 atom stereocenters. The van der Waals surface area contributed by atoms with E-state index < -0.39 is 0 Å². The van der Waals surface area contributed by atoms with Crippen molar-refractivity contribution in [2.24, 2.45) is 0 Å². The number of hydrogen-bond donors (Lipinski definition) is 0. The van der Waals surface area contributed by atoms with E-state index >= 15 is 0 Å². The van der Waals surface area contributed by atoms with Gasteiger partial charge in [-0.15, -0.1) is 0 Å². The molecule has 0 aromatic carbocycles. The molecule has 0 fully saturated rings. The van der Waals surface area contributed by atoms with Gasteiger partial charge in [-0.2, -0.15) is 0 Å². The van der Waals surface area contributed by atoms with Gasteiger partial charge in [0.2, 0.25) is 0 Å². The molecular formula is C8H11Pt. The average molecular weight is 302 g/mol. The van der Waals surface area contributed by atoms with Crippen molar-refractivity contribution in [3.63, 3.8) is 0 Å². The van der Waals surface area contributed by atoms with E-state index in [1.165, 1.54) is 29.6 Å². The topological polar surface area (TPSA) is 0 Å². The molecule has 1 aliphatic carbocycles. The van der Waals surface area contributed by atoms with Gasteiger partial charge in [0, 0.05) is 0 Å². The van der Waals surface area contributed by atoms with Crippen LogP contribution in [-0.2, 0) is 19.8 Å². The van der Waals surface area contributed by atoms with Crippen molar-refractivity contribution < 1.29 is 19.8 Å². The molecular weight excluding hydrogens is 291 g/mol. The Kier molecular flexibility index (Phi) is 3.28. The first-order valence-electron chi connectivity index (χ1n) is 3.38. The summed E-state index contributed by atoms with van der Waals surface area (Å²) in [6.07, 6.45) is 11.9. The summed E-state index contributed by atoms with van der Waals surface area (Å²) in [6, 6.07) is 0. The second kappa shape index (κ2) is 4.06. The van der Waals surface area contributed by atoms with Crippen LogP contribution in [0.1, 0.15) is 25.7 Å². The summed E-state index contributed by atoms with van der Waals surface area (Å²) in [5, 5.41) is 0. The summed E-state index contributed by atoms with van der Waals surface area (Å²) >= 11 is 2.39. The molecule has 0 aromatic rings.